The number of hydrogen-bond acceptors (Lipinski definition) is 5. The summed E-state index contributed by atoms with van der Waals surface area (Å²) < 4.78 is 16.2. The summed E-state index contributed by atoms with van der Waals surface area (Å²) in [6.07, 6.45) is 5.16. The monoisotopic (exact) mass is 370 g/mol. The van der Waals surface area contributed by atoms with Gasteiger partial charge < -0.3 is 18.8 Å². The lowest BCUT2D eigenvalue weighted by molar-refractivity contribution is -0.132. The minimum Gasteiger partial charge on any atom is -0.440 e. The number of nitrogens with zero attached hydrogens (tertiary/aromatic N) is 2. The third-order valence-electron chi connectivity index (χ3n) is 4.41. The summed E-state index contributed by atoms with van der Waals surface area (Å²) in [5.41, 5.74) is 3.46. The topological polar surface area (TPSA) is 64.8 Å². The number of benzene rings is 1. The predicted molar refractivity (Wildman–Crippen MR) is 103 cm³/mol. The number of ether oxygens (including phenoxy) is 2. The van der Waals surface area contributed by atoms with Gasteiger partial charge in [0.1, 0.15) is 5.52 Å². The predicted octanol–water partition coefficient (Wildman–Crippen LogP) is 3.94. The van der Waals surface area contributed by atoms with Crippen molar-refractivity contribution in [2.75, 3.05) is 26.9 Å². The quantitative estimate of drug-likeness (QED) is 0.739. The number of carbonyl (C=O) groups excluding carboxylic acids is 1. The Hall–Kier alpha value is -2.60. The van der Waals surface area contributed by atoms with E-state index in [9.17, 15) is 4.79 Å². The van der Waals surface area contributed by atoms with E-state index < -0.39 is 0 Å². The van der Waals surface area contributed by atoms with Gasteiger partial charge in [0.25, 0.3) is 5.91 Å². The van der Waals surface area contributed by atoms with Crippen LogP contribution in [0.5, 0.6) is 6.08 Å². The summed E-state index contributed by atoms with van der Waals surface area (Å²) in [6, 6.07) is 7.38. The molecule has 1 aromatic carbocycles. The Kier molecular flexibility index (Phi) is 5.65. The second kappa shape index (κ2) is 7.96. The van der Waals surface area contributed by atoms with Crippen LogP contribution in [-0.4, -0.2) is 42.7 Å². The smallest absolute Gasteiger partial charge is 0.395 e. The van der Waals surface area contributed by atoms with Crippen molar-refractivity contribution in [1.82, 2.24) is 9.88 Å². The normalized spacial score (nSPS) is 16.0. The van der Waals surface area contributed by atoms with Gasteiger partial charge in [0.15, 0.2) is 12.2 Å². The lowest BCUT2D eigenvalue weighted by atomic mass is 9.81. The molecule has 27 heavy (non-hydrogen) atoms. The molecule has 1 amide bonds. The van der Waals surface area contributed by atoms with Crippen LogP contribution < -0.4 is 4.74 Å². The van der Waals surface area contributed by atoms with E-state index in [0.717, 1.165) is 17.7 Å². The molecule has 0 atom stereocenters. The molecule has 0 saturated carbocycles. The van der Waals surface area contributed by atoms with Crippen LogP contribution in [0.4, 0.5) is 0 Å². The minimum absolute atomic E-state index is 0.000909. The van der Waals surface area contributed by atoms with E-state index in [0.29, 0.717) is 24.3 Å². The van der Waals surface area contributed by atoms with Crippen molar-refractivity contribution < 1.29 is 18.7 Å². The van der Waals surface area contributed by atoms with Gasteiger partial charge in [0, 0.05) is 19.4 Å². The molecule has 6 heteroatoms. The molecule has 0 unspecified atom stereocenters. The molecule has 2 aromatic rings. The van der Waals surface area contributed by atoms with Gasteiger partial charge in [-0.3, -0.25) is 4.79 Å². The first-order valence-corrected chi connectivity index (χ1v) is 9.06. The number of rotatable bonds is 7. The highest BCUT2D eigenvalue weighted by molar-refractivity contribution is 5.80. The first-order chi connectivity index (χ1) is 12.9. The number of fused-ring (bicyclic) bond motifs is 1. The van der Waals surface area contributed by atoms with E-state index in [1.165, 1.54) is 0 Å². The van der Waals surface area contributed by atoms with E-state index in [1.807, 2.05) is 24.3 Å². The molecule has 1 aromatic heterocycles. The minimum atomic E-state index is -0.147. The van der Waals surface area contributed by atoms with Crippen LogP contribution >= 0.6 is 0 Å². The lowest BCUT2D eigenvalue weighted by Gasteiger charge is -2.33. The van der Waals surface area contributed by atoms with Crippen LogP contribution in [0.2, 0.25) is 0 Å². The van der Waals surface area contributed by atoms with Crippen molar-refractivity contribution >= 4 is 17.0 Å². The van der Waals surface area contributed by atoms with Crippen LogP contribution in [-0.2, 0) is 9.53 Å². The SMILES string of the molecule is COCCN(C(=O)COc1nc2ccccc2o1)C1=CC(C)=CC(C)(C)C1. The van der Waals surface area contributed by atoms with Crippen molar-refractivity contribution in [1.29, 1.82) is 0 Å². The van der Waals surface area contributed by atoms with Crippen LogP contribution in [0.25, 0.3) is 11.1 Å². The van der Waals surface area contributed by atoms with E-state index in [1.54, 1.807) is 12.0 Å². The molecule has 144 valence electrons. The number of oxazole rings is 1. The number of aromatic nitrogens is 1. The van der Waals surface area contributed by atoms with Gasteiger partial charge in [-0.1, -0.05) is 37.6 Å². The van der Waals surface area contributed by atoms with Crippen molar-refractivity contribution in [3.8, 4) is 6.08 Å². The third kappa shape index (κ3) is 4.77. The summed E-state index contributed by atoms with van der Waals surface area (Å²) in [6.45, 7) is 7.16. The summed E-state index contributed by atoms with van der Waals surface area (Å²) in [7, 11) is 1.63. The van der Waals surface area contributed by atoms with Gasteiger partial charge in [-0.15, -0.1) is 0 Å². The lowest BCUT2D eigenvalue weighted by Crippen LogP contribution is -2.38. The Morgan fingerprint density at radius 3 is 2.81 bits per heavy atom. The molecule has 6 nitrogen and oxygen atoms in total. The first-order valence-electron chi connectivity index (χ1n) is 9.06. The molecule has 1 aliphatic carbocycles. The zero-order chi connectivity index (χ0) is 19.4. The molecule has 1 aliphatic rings. The highest BCUT2D eigenvalue weighted by Crippen LogP contribution is 2.34. The highest BCUT2D eigenvalue weighted by Gasteiger charge is 2.27. The van der Waals surface area contributed by atoms with Crippen LogP contribution in [0, 0.1) is 5.41 Å². The molecule has 1 heterocycles. The van der Waals surface area contributed by atoms with Gasteiger partial charge in [-0.2, -0.15) is 4.98 Å². The largest absolute Gasteiger partial charge is 0.440 e. The van der Waals surface area contributed by atoms with Gasteiger partial charge in [-0.25, -0.2) is 0 Å². The molecule has 0 fully saturated rings. The number of para-hydroxylation sites is 2. The summed E-state index contributed by atoms with van der Waals surface area (Å²) in [5.74, 6) is -0.147. The summed E-state index contributed by atoms with van der Waals surface area (Å²) >= 11 is 0. The van der Waals surface area contributed by atoms with Crippen LogP contribution in [0.3, 0.4) is 0 Å². The van der Waals surface area contributed by atoms with Gasteiger partial charge in [-0.05, 0) is 37.0 Å². The number of methoxy groups -OCH3 is 1. The molecule has 0 radical (unpaired) electrons. The van der Waals surface area contributed by atoms with Crippen molar-refractivity contribution in [2.45, 2.75) is 27.2 Å². The molecule has 0 spiro atoms. The Balaban J connectivity index is 1.72. The third-order valence-corrected chi connectivity index (χ3v) is 4.41. The number of carbonyl (C=O) groups is 1. The second-order valence-electron chi connectivity index (χ2n) is 7.46. The van der Waals surface area contributed by atoms with Crippen LogP contribution in [0.15, 0.2) is 52.1 Å². The zero-order valence-corrected chi connectivity index (χ0v) is 16.3. The van der Waals surface area contributed by atoms with Crippen molar-refractivity contribution in [3.05, 3.63) is 47.7 Å². The number of amides is 1. The molecular formula is C21H26N2O4. The van der Waals surface area contributed by atoms with Gasteiger partial charge >= 0.3 is 6.08 Å². The number of hydrogen-bond donors (Lipinski definition) is 0. The van der Waals surface area contributed by atoms with Gasteiger partial charge in [0.2, 0.25) is 0 Å². The Labute approximate surface area is 159 Å². The number of allylic oxidation sites excluding steroid dienone is 4. The average Bonchev–Trinajstić information content (AvgIpc) is 3.01. The maximum absolute atomic E-state index is 12.9. The standard InChI is InChI=1S/C21H26N2O4/c1-15-11-16(13-21(2,3)12-15)23(9-10-25-4)19(24)14-26-20-22-17-7-5-6-8-18(17)27-20/h5-8,11-12H,9-10,13-14H2,1-4H3. The zero-order valence-electron chi connectivity index (χ0n) is 16.3. The van der Waals surface area contributed by atoms with E-state index >= 15 is 0 Å². The fourth-order valence-electron chi connectivity index (χ4n) is 3.39. The molecule has 0 bridgehead atoms. The van der Waals surface area contributed by atoms with Crippen LogP contribution in [0.1, 0.15) is 27.2 Å². The molecule has 3 rings (SSSR count). The average molecular weight is 370 g/mol. The Morgan fingerprint density at radius 2 is 2.11 bits per heavy atom. The van der Waals surface area contributed by atoms with Crippen molar-refractivity contribution in [2.24, 2.45) is 5.41 Å². The molecule has 0 saturated heterocycles. The Morgan fingerprint density at radius 1 is 1.33 bits per heavy atom. The van der Waals surface area contributed by atoms with Gasteiger partial charge in [0.05, 0.1) is 6.61 Å². The first kappa shape index (κ1) is 19.2. The highest BCUT2D eigenvalue weighted by atomic mass is 16.6. The van der Waals surface area contributed by atoms with E-state index in [4.69, 9.17) is 13.9 Å². The fourth-order valence-corrected chi connectivity index (χ4v) is 3.39. The summed E-state index contributed by atoms with van der Waals surface area (Å²) in [5, 5.41) is 0. The molecular weight excluding hydrogens is 344 g/mol. The maximum Gasteiger partial charge on any atom is 0.395 e. The molecule has 0 N–H and O–H groups in total. The maximum atomic E-state index is 12.9. The second-order valence-corrected chi connectivity index (χ2v) is 7.46. The van der Waals surface area contributed by atoms with E-state index in [2.05, 4.69) is 37.9 Å². The summed E-state index contributed by atoms with van der Waals surface area (Å²) in [4.78, 5) is 18.9. The Bertz CT molecular complexity index is 846. The van der Waals surface area contributed by atoms with Crippen molar-refractivity contribution in [3.63, 3.8) is 0 Å². The molecule has 0 aliphatic heterocycles. The van der Waals surface area contributed by atoms with E-state index in [-0.39, 0.29) is 24.0 Å². The fraction of sp³-hybridized carbons (Fsp3) is 0.429.